The summed E-state index contributed by atoms with van der Waals surface area (Å²) in [5, 5.41) is 9.78. The molecule has 0 spiro atoms. The van der Waals surface area contributed by atoms with Crippen molar-refractivity contribution in [1.82, 2.24) is 19.8 Å². The molecule has 0 saturated heterocycles. The lowest BCUT2D eigenvalue weighted by Crippen LogP contribution is -2.29. The minimum Gasteiger partial charge on any atom is -0.369 e. The zero-order valence-electron chi connectivity index (χ0n) is 14.2. The van der Waals surface area contributed by atoms with E-state index in [2.05, 4.69) is 30.5 Å². The lowest BCUT2D eigenvalue weighted by molar-refractivity contribution is 0.390. The minimum atomic E-state index is -3.65. The van der Waals surface area contributed by atoms with Gasteiger partial charge in [0.1, 0.15) is 16.4 Å². The number of hydrogen-bond acceptors (Lipinski definition) is 8. The van der Waals surface area contributed by atoms with E-state index in [1.165, 1.54) is 0 Å². The van der Waals surface area contributed by atoms with Gasteiger partial charge in [-0.25, -0.2) is 18.1 Å². The van der Waals surface area contributed by atoms with Crippen molar-refractivity contribution < 1.29 is 12.9 Å². The molecular weight excluding hydrogens is 332 g/mol. The molecular formula is C14H22N6O3S. The monoisotopic (exact) mass is 354 g/mol. The number of anilines is 2. The van der Waals surface area contributed by atoms with Crippen LogP contribution in [0.2, 0.25) is 0 Å². The summed E-state index contributed by atoms with van der Waals surface area (Å²) in [4.78, 5) is 8.65. The Hall–Kier alpha value is -2.20. The largest absolute Gasteiger partial charge is 0.369 e. The molecule has 0 aliphatic heterocycles. The average molecular weight is 354 g/mol. The van der Waals surface area contributed by atoms with Gasteiger partial charge in [0.05, 0.1) is 0 Å². The van der Waals surface area contributed by atoms with Crippen LogP contribution >= 0.6 is 0 Å². The van der Waals surface area contributed by atoms with Crippen LogP contribution in [0.5, 0.6) is 0 Å². The SMILES string of the molecule is CCNc1nc(C)cc(NCCNS(=O)(=O)c2c(C)noc2C)n1. The van der Waals surface area contributed by atoms with E-state index < -0.39 is 10.0 Å². The lowest BCUT2D eigenvalue weighted by Gasteiger charge is -2.10. The molecule has 2 rings (SSSR count). The second kappa shape index (κ2) is 7.58. The summed E-state index contributed by atoms with van der Waals surface area (Å²) in [6, 6.07) is 1.80. The van der Waals surface area contributed by atoms with Crippen molar-refractivity contribution in [1.29, 1.82) is 0 Å². The van der Waals surface area contributed by atoms with Crippen molar-refractivity contribution in [3.05, 3.63) is 23.2 Å². The first-order chi connectivity index (χ1) is 11.3. The number of hydrogen-bond donors (Lipinski definition) is 3. The molecule has 0 amide bonds. The molecule has 0 aliphatic rings. The number of aromatic nitrogens is 3. The third-order valence-electron chi connectivity index (χ3n) is 3.15. The fourth-order valence-electron chi connectivity index (χ4n) is 2.20. The summed E-state index contributed by atoms with van der Waals surface area (Å²) in [5.41, 5.74) is 1.16. The summed E-state index contributed by atoms with van der Waals surface area (Å²) in [7, 11) is -3.65. The van der Waals surface area contributed by atoms with Crippen LogP contribution in [-0.4, -0.2) is 43.2 Å². The van der Waals surface area contributed by atoms with E-state index in [1.807, 2.05) is 13.8 Å². The van der Waals surface area contributed by atoms with Crippen LogP contribution in [0.4, 0.5) is 11.8 Å². The fourth-order valence-corrected chi connectivity index (χ4v) is 3.56. The number of nitrogens with one attached hydrogen (secondary N) is 3. The predicted molar refractivity (Wildman–Crippen MR) is 90.6 cm³/mol. The highest BCUT2D eigenvalue weighted by Crippen LogP contribution is 2.18. The third kappa shape index (κ3) is 4.42. The molecule has 0 fully saturated rings. The first-order valence-electron chi connectivity index (χ1n) is 7.59. The molecule has 0 bridgehead atoms. The van der Waals surface area contributed by atoms with Gasteiger partial charge in [-0.05, 0) is 27.7 Å². The smallest absolute Gasteiger partial charge is 0.246 e. The number of aryl methyl sites for hydroxylation is 3. The van der Waals surface area contributed by atoms with Gasteiger partial charge in [0.15, 0.2) is 5.76 Å². The summed E-state index contributed by atoms with van der Waals surface area (Å²) >= 11 is 0. The van der Waals surface area contributed by atoms with Gasteiger partial charge in [-0.15, -0.1) is 0 Å². The van der Waals surface area contributed by atoms with Crippen molar-refractivity contribution in [3.8, 4) is 0 Å². The molecule has 2 heterocycles. The van der Waals surface area contributed by atoms with E-state index in [9.17, 15) is 8.42 Å². The quantitative estimate of drug-likeness (QED) is 0.605. The van der Waals surface area contributed by atoms with E-state index in [0.717, 1.165) is 12.2 Å². The molecule has 0 atom stereocenters. The highest BCUT2D eigenvalue weighted by molar-refractivity contribution is 7.89. The maximum Gasteiger partial charge on any atom is 0.246 e. The molecule has 3 N–H and O–H groups in total. The van der Waals surface area contributed by atoms with Crippen LogP contribution in [0.1, 0.15) is 24.1 Å². The van der Waals surface area contributed by atoms with Gasteiger partial charge in [-0.1, -0.05) is 5.16 Å². The van der Waals surface area contributed by atoms with Crippen LogP contribution in [0.15, 0.2) is 15.5 Å². The fraction of sp³-hybridized carbons (Fsp3) is 0.500. The van der Waals surface area contributed by atoms with Crippen molar-refractivity contribution in [3.63, 3.8) is 0 Å². The topological polar surface area (TPSA) is 122 Å². The average Bonchev–Trinajstić information content (AvgIpc) is 2.83. The van der Waals surface area contributed by atoms with Crippen molar-refractivity contribution in [2.45, 2.75) is 32.6 Å². The van der Waals surface area contributed by atoms with Crippen LogP contribution in [-0.2, 0) is 10.0 Å². The summed E-state index contributed by atoms with van der Waals surface area (Å²) in [6.07, 6.45) is 0. The Morgan fingerprint density at radius 3 is 2.50 bits per heavy atom. The Kier molecular flexibility index (Phi) is 5.73. The molecule has 0 unspecified atom stereocenters. The maximum atomic E-state index is 12.3. The van der Waals surface area contributed by atoms with Gasteiger partial charge >= 0.3 is 0 Å². The van der Waals surface area contributed by atoms with Crippen LogP contribution < -0.4 is 15.4 Å². The Morgan fingerprint density at radius 2 is 1.88 bits per heavy atom. The normalized spacial score (nSPS) is 11.5. The Bertz CT molecular complexity index is 783. The van der Waals surface area contributed by atoms with Gasteiger partial charge < -0.3 is 15.2 Å². The number of rotatable bonds is 8. The summed E-state index contributed by atoms with van der Waals surface area (Å²) in [5.74, 6) is 1.45. The molecule has 0 aliphatic carbocycles. The van der Waals surface area contributed by atoms with Crippen molar-refractivity contribution in [2.24, 2.45) is 0 Å². The molecule has 0 saturated carbocycles. The Morgan fingerprint density at radius 1 is 1.12 bits per heavy atom. The predicted octanol–water partition coefficient (Wildman–Crippen LogP) is 1.21. The van der Waals surface area contributed by atoms with E-state index in [1.54, 1.807) is 19.9 Å². The highest BCUT2D eigenvalue weighted by atomic mass is 32.2. The summed E-state index contributed by atoms with van der Waals surface area (Å²) in [6.45, 7) is 8.29. The van der Waals surface area contributed by atoms with Crippen LogP contribution in [0.3, 0.4) is 0 Å². The van der Waals surface area contributed by atoms with E-state index in [0.29, 0.717) is 24.0 Å². The van der Waals surface area contributed by atoms with Gasteiger partial charge in [-0.3, -0.25) is 0 Å². The molecule has 10 heteroatoms. The third-order valence-corrected chi connectivity index (χ3v) is 4.85. The maximum absolute atomic E-state index is 12.3. The molecule has 0 radical (unpaired) electrons. The molecule has 132 valence electrons. The number of sulfonamides is 1. The first-order valence-corrected chi connectivity index (χ1v) is 9.07. The van der Waals surface area contributed by atoms with E-state index in [4.69, 9.17) is 4.52 Å². The van der Waals surface area contributed by atoms with E-state index >= 15 is 0 Å². The standard InChI is InChI=1S/C14H22N6O3S/c1-5-15-14-18-9(2)8-12(19-14)16-6-7-17-24(21,22)13-10(3)20-23-11(13)4/h8,17H,5-7H2,1-4H3,(H2,15,16,18,19). The van der Waals surface area contributed by atoms with Crippen LogP contribution in [0.25, 0.3) is 0 Å². The molecule has 2 aromatic rings. The Labute approximate surface area is 141 Å². The molecule has 9 nitrogen and oxygen atoms in total. The van der Waals surface area contributed by atoms with Gasteiger partial charge in [0.25, 0.3) is 0 Å². The molecule has 24 heavy (non-hydrogen) atoms. The van der Waals surface area contributed by atoms with Crippen LogP contribution in [0, 0.1) is 20.8 Å². The second-order valence-corrected chi connectivity index (χ2v) is 6.93. The van der Waals surface area contributed by atoms with Gasteiger partial charge in [0.2, 0.25) is 16.0 Å². The highest BCUT2D eigenvalue weighted by Gasteiger charge is 2.23. The molecule has 0 aromatic carbocycles. The van der Waals surface area contributed by atoms with Crippen molar-refractivity contribution >= 4 is 21.8 Å². The van der Waals surface area contributed by atoms with E-state index in [-0.39, 0.29) is 17.2 Å². The van der Waals surface area contributed by atoms with Crippen molar-refractivity contribution in [2.75, 3.05) is 30.3 Å². The summed E-state index contributed by atoms with van der Waals surface area (Å²) < 4.78 is 31.9. The van der Waals surface area contributed by atoms with Gasteiger partial charge in [0, 0.05) is 31.4 Å². The second-order valence-electron chi connectivity index (χ2n) is 5.23. The number of nitrogens with zero attached hydrogens (tertiary/aromatic N) is 3. The lowest BCUT2D eigenvalue weighted by atomic mass is 10.4. The minimum absolute atomic E-state index is 0.0924. The zero-order valence-corrected chi connectivity index (χ0v) is 15.0. The van der Waals surface area contributed by atoms with Gasteiger partial charge in [-0.2, -0.15) is 4.98 Å². The molecule has 2 aromatic heterocycles. The zero-order chi connectivity index (χ0) is 17.7. The first kappa shape index (κ1) is 18.1. The Balaban J connectivity index is 1.93.